The Morgan fingerprint density at radius 2 is 1.92 bits per heavy atom. The lowest BCUT2D eigenvalue weighted by Crippen LogP contribution is -2.36. The van der Waals surface area contributed by atoms with Crippen LogP contribution in [0, 0.1) is 16.7 Å². The Hall–Kier alpha value is -4.52. The van der Waals surface area contributed by atoms with Gasteiger partial charge in [0.2, 0.25) is 0 Å². The fourth-order valence-electron chi connectivity index (χ4n) is 3.53. The number of carbonyl (C=O) groups is 2. The SMILES string of the molecule is CCC(OC(=O)NCc1cccc(NC(=O)Nc2ccc(-c3cnco3)c(OC)c2)c1)C(C)(C)C#N. The van der Waals surface area contributed by atoms with Crippen molar-refractivity contribution in [2.24, 2.45) is 5.41 Å². The van der Waals surface area contributed by atoms with Gasteiger partial charge in [0.05, 0.1) is 30.4 Å². The lowest BCUT2D eigenvalue weighted by Gasteiger charge is -2.26. The predicted octanol–water partition coefficient (Wildman–Crippen LogP) is 5.55. The van der Waals surface area contributed by atoms with Crippen LogP contribution in [0.5, 0.6) is 5.75 Å². The van der Waals surface area contributed by atoms with E-state index in [0.717, 1.165) is 5.56 Å². The fourth-order valence-corrected chi connectivity index (χ4v) is 3.53. The fraction of sp³-hybridized carbons (Fsp3) is 0.308. The third-order valence-electron chi connectivity index (χ3n) is 5.49. The Morgan fingerprint density at radius 3 is 2.56 bits per heavy atom. The minimum Gasteiger partial charge on any atom is -0.496 e. The van der Waals surface area contributed by atoms with E-state index in [-0.39, 0.29) is 6.54 Å². The minimum absolute atomic E-state index is 0.194. The number of oxazole rings is 1. The highest BCUT2D eigenvalue weighted by Gasteiger charge is 2.31. The molecule has 36 heavy (non-hydrogen) atoms. The van der Waals surface area contributed by atoms with Crippen molar-refractivity contribution in [3.63, 3.8) is 0 Å². The third-order valence-corrected chi connectivity index (χ3v) is 5.49. The molecule has 0 aliphatic rings. The smallest absolute Gasteiger partial charge is 0.407 e. The lowest BCUT2D eigenvalue weighted by molar-refractivity contribution is 0.0446. The molecule has 0 aliphatic carbocycles. The van der Waals surface area contributed by atoms with Gasteiger partial charge in [-0.05, 0) is 50.1 Å². The van der Waals surface area contributed by atoms with Gasteiger partial charge in [-0.1, -0.05) is 19.1 Å². The summed E-state index contributed by atoms with van der Waals surface area (Å²) in [5, 5.41) is 17.5. The van der Waals surface area contributed by atoms with Crippen LogP contribution in [0.1, 0.15) is 32.8 Å². The molecule has 10 nitrogen and oxygen atoms in total. The summed E-state index contributed by atoms with van der Waals surface area (Å²) in [6, 6.07) is 13.9. The summed E-state index contributed by atoms with van der Waals surface area (Å²) >= 11 is 0. The largest absolute Gasteiger partial charge is 0.496 e. The average Bonchev–Trinajstić information content (AvgIpc) is 3.40. The molecule has 0 spiro atoms. The number of rotatable bonds is 9. The number of alkyl carbamates (subject to hydrolysis) is 1. The number of urea groups is 1. The standard InChI is InChI=1S/C26H29N5O5/c1-5-23(26(2,3)15-27)36-25(33)29-13-17-7-6-8-18(11-17)30-24(32)31-19-9-10-20(21(12-19)34-4)22-14-28-16-35-22/h6-12,14,16,23H,5,13H2,1-4H3,(H,29,33)(H2,30,31,32). The second-order valence-corrected chi connectivity index (χ2v) is 8.55. The third kappa shape index (κ3) is 6.76. The van der Waals surface area contributed by atoms with E-state index in [2.05, 4.69) is 27.0 Å². The molecule has 3 rings (SSSR count). The summed E-state index contributed by atoms with van der Waals surface area (Å²) in [6.45, 7) is 5.52. The van der Waals surface area contributed by atoms with Crippen molar-refractivity contribution in [2.75, 3.05) is 17.7 Å². The van der Waals surface area contributed by atoms with Crippen molar-refractivity contribution in [1.29, 1.82) is 5.26 Å². The quantitative estimate of drug-likeness (QED) is 0.357. The van der Waals surface area contributed by atoms with Crippen LogP contribution in [-0.4, -0.2) is 30.3 Å². The molecule has 10 heteroatoms. The van der Waals surface area contributed by atoms with Gasteiger partial charge in [-0.3, -0.25) is 0 Å². The number of amides is 3. The van der Waals surface area contributed by atoms with E-state index in [4.69, 9.17) is 13.9 Å². The molecule has 3 aromatic rings. The molecule has 0 saturated heterocycles. The number of hydrogen-bond donors (Lipinski definition) is 3. The van der Waals surface area contributed by atoms with Crippen LogP contribution in [0.15, 0.2) is 59.5 Å². The van der Waals surface area contributed by atoms with Crippen LogP contribution >= 0.6 is 0 Å². The number of aromatic nitrogens is 1. The van der Waals surface area contributed by atoms with Crippen LogP contribution in [-0.2, 0) is 11.3 Å². The van der Waals surface area contributed by atoms with Gasteiger partial charge in [0.1, 0.15) is 11.9 Å². The summed E-state index contributed by atoms with van der Waals surface area (Å²) in [5.74, 6) is 1.07. The van der Waals surface area contributed by atoms with Crippen LogP contribution in [0.4, 0.5) is 21.0 Å². The Morgan fingerprint density at radius 1 is 1.17 bits per heavy atom. The van der Waals surface area contributed by atoms with Crippen LogP contribution in [0.3, 0.4) is 0 Å². The Labute approximate surface area is 209 Å². The number of hydrogen-bond acceptors (Lipinski definition) is 7. The Balaban J connectivity index is 1.57. The zero-order valence-corrected chi connectivity index (χ0v) is 20.6. The second kappa shape index (κ2) is 11.8. The molecular weight excluding hydrogens is 462 g/mol. The van der Waals surface area contributed by atoms with Crippen LogP contribution < -0.4 is 20.7 Å². The van der Waals surface area contributed by atoms with E-state index in [1.165, 1.54) is 13.5 Å². The highest BCUT2D eigenvalue weighted by atomic mass is 16.6. The predicted molar refractivity (Wildman–Crippen MR) is 134 cm³/mol. The summed E-state index contributed by atoms with van der Waals surface area (Å²) in [7, 11) is 1.53. The first-order valence-electron chi connectivity index (χ1n) is 11.3. The number of carbonyl (C=O) groups excluding carboxylic acids is 2. The van der Waals surface area contributed by atoms with E-state index in [1.807, 2.05) is 13.0 Å². The maximum absolute atomic E-state index is 12.5. The van der Waals surface area contributed by atoms with Gasteiger partial charge in [0, 0.05) is 24.0 Å². The van der Waals surface area contributed by atoms with Gasteiger partial charge >= 0.3 is 12.1 Å². The number of ether oxygens (including phenoxy) is 2. The number of anilines is 2. The second-order valence-electron chi connectivity index (χ2n) is 8.55. The normalized spacial score (nSPS) is 11.6. The van der Waals surface area contributed by atoms with Crippen molar-refractivity contribution < 1.29 is 23.5 Å². The molecule has 1 unspecified atom stereocenters. The molecule has 0 radical (unpaired) electrons. The molecule has 2 aromatic carbocycles. The summed E-state index contributed by atoms with van der Waals surface area (Å²) in [5.41, 5.74) is 1.75. The summed E-state index contributed by atoms with van der Waals surface area (Å²) in [6.07, 6.45) is 2.30. The number of nitrogens with one attached hydrogen (secondary N) is 3. The van der Waals surface area contributed by atoms with Gasteiger partial charge in [-0.2, -0.15) is 5.26 Å². The van der Waals surface area contributed by atoms with Crippen LogP contribution in [0.25, 0.3) is 11.3 Å². The molecule has 0 aliphatic heterocycles. The van der Waals surface area contributed by atoms with Crippen molar-refractivity contribution in [1.82, 2.24) is 10.3 Å². The van der Waals surface area contributed by atoms with Crippen molar-refractivity contribution >= 4 is 23.5 Å². The molecule has 0 fully saturated rings. The highest BCUT2D eigenvalue weighted by Crippen LogP contribution is 2.32. The first-order valence-corrected chi connectivity index (χ1v) is 11.3. The molecule has 0 bridgehead atoms. The van der Waals surface area contributed by atoms with E-state index >= 15 is 0 Å². The molecule has 1 aromatic heterocycles. The Bertz CT molecular complexity index is 1230. The zero-order valence-electron chi connectivity index (χ0n) is 20.6. The van der Waals surface area contributed by atoms with Gasteiger partial charge in [-0.25, -0.2) is 14.6 Å². The molecule has 1 atom stereocenters. The maximum atomic E-state index is 12.5. The zero-order chi connectivity index (χ0) is 26.1. The van der Waals surface area contributed by atoms with E-state index < -0.39 is 23.6 Å². The summed E-state index contributed by atoms with van der Waals surface area (Å²) < 4.78 is 16.1. The lowest BCUT2D eigenvalue weighted by atomic mass is 9.87. The molecular formula is C26H29N5O5. The van der Waals surface area contributed by atoms with Crippen molar-refractivity contribution in [2.45, 2.75) is 39.8 Å². The summed E-state index contributed by atoms with van der Waals surface area (Å²) in [4.78, 5) is 28.7. The molecule has 3 amide bonds. The first kappa shape index (κ1) is 26.1. The van der Waals surface area contributed by atoms with E-state index in [0.29, 0.717) is 34.9 Å². The number of methoxy groups -OCH3 is 1. The number of nitrogens with zero attached hydrogens (tertiary/aromatic N) is 2. The minimum atomic E-state index is -0.788. The highest BCUT2D eigenvalue weighted by molar-refractivity contribution is 6.00. The van der Waals surface area contributed by atoms with E-state index in [9.17, 15) is 14.9 Å². The monoisotopic (exact) mass is 491 g/mol. The van der Waals surface area contributed by atoms with Gasteiger partial charge in [-0.15, -0.1) is 0 Å². The maximum Gasteiger partial charge on any atom is 0.407 e. The number of nitriles is 1. The molecule has 3 N–H and O–H groups in total. The van der Waals surface area contributed by atoms with Gasteiger partial charge in [0.25, 0.3) is 0 Å². The molecule has 1 heterocycles. The topological polar surface area (TPSA) is 139 Å². The number of benzene rings is 2. The van der Waals surface area contributed by atoms with Gasteiger partial charge < -0.3 is 29.8 Å². The molecule has 188 valence electrons. The Kier molecular flexibility index (Phi) is 8.52. The van der Waals surface area contributed by atoms with Crippen molar-refractivity contribution in [3.8, 4) is 23.1 Å². The average molecular weight is 492 g/mol. The molecule has 0 saturated carbocycles. The van der Waals surface area contributed by atoms with Crippen LogP contribution in [0.2, 0.25) is 0 Å². The first-order chi connectivity index (χ1) is 17.2. The van der Waals surface area contributed by atoms with Gasteiger partial charge in [0.15, 0.2) is 12.2 Å². The van der Waals surface area contributed by atoms with E-state index in [1.54, 1.807) is 56.4 Å². The van der Waals surface area contributed by atoms with Crippen molar-refractivity contribution in [3.05, 3.63) is 60.6 Å².